The van der Waals surface area contributed by atoms with Crippen LogP contribution in [0.15, 0.2) is 35.6 Å². The number of nitrogens with zero attached hydrogens (tertiary/aromatic N) is 3. The predicted octanol–water partition coefficient (Wildman–Crippen LogP) is 3.03. The van der Waals surface area contributed by atoms with E-state index in [1.165, 1.54) is 18.0 Å². The van der Waals surface area contributed by atoms with Crippen LogP contribution in [0.3, 0.4) is 0 Å². The first-order valence-electron chi connectivity index (χ1n) is 8.08. The molecular weight excluding hydrogens is 350 g/mol. The van der Waals surface area contributed by atoms with Gasteiger partial charge in [0, 0.05) is 17.7 Å². The Hall–Kier alpha value is -2.92. The number of carbonyl (C=O) groups is 2. The summed E-state index contributed by atoms with van der Waals surface area (Å²) >= 11 is 1.17. The van der Waals surface area contributed by atoms with Gasteiger partial charge < -0.3 is 11.1 Å². The van der Waals surface area contributed by atoms with Gasteiger partial charge in [0.05, 0.1) is 11.4 Å². The Labute approximate surface area is 156 Å². The number of amides is 1. The minimum Gasteiger partial charge on any atom is -0.382 e. The lowest BCUT2D eigenvalue weighted by molar-refractivity contribution is -0.116. The number of thioether (sulfide) groups is 1. The molecule has 1 amide bonds. The maximum atomic E-state index is 12.5. The van der Waals surface area contributed by atoms with Gasteiger partial charge in [0.15, 0.2) is 10.9 Å². The van der Waals surface area contributed by atoms with Gasteiger partial charge in [-0.15, -0.1) is 0 Å². The van der Waals surface area contributed by atoms with E-state index in [9.17, 15) is 9.59 Å². The number of nitrogens with one attached hydrogen (secondary N) is 1. The van der Waals surface area contributed by atoms with Gasteiger partial charge in [0.1, 0.15) is 17.5 Å². The van der Waals surface area contributed by atoms with Gasteiger partial charge >= 0.3 is 0 Å². The molecule has 8 heteroatoms. The Balaban J connectivity index is 2.02. The van der Waals surface area contributed by atoms with E-state index in [0.29, 0.717) is 22.8 Å². The highest BCUT2D eigenvalue weighted by atomic mass is 32.2. The third-order valence-electron chi connectivity index (χ3n) is 3.50. The summed E-state index contributed by atoms with van der Waals surface area (Å²) in [5.41, 5.74) is 7.05. The topological polar surface area (TPSA) is 122 Å². The molecule has 1 unspecified atom stereocenters. The number of ketones is 1. The van der Waals surface area contributed by atoms with Crippen molar-refractivity contribution in [2.24, 2.45) is 0 Å². The van der Waals surface area contributed by atoms with Gasteiger partial charge in [-0.3, -0.25) is 9.59 Å². The Morgan fingerprint density at radius 2 is 2.04 bits per heavy atom. The monoisotopic (exact) mass is 369 g/mol. The Morgan fingerprint density at radius 3 is 2.62 bits per heavy atom. The van der Waals surface area contributed by atoms with Gasteiger partial charge in [-0.25, -0.2) is 9.97 Å². The van der Waals surface area contributed by atoms with Crippen LogP contribution in [0.4, 0.5) is 11.5 Å². The second-order valence-corrected chi connectivity index (χ2v) is 6.87. The first-order chi connectivity index (χ1) is 12.4. The second-order valence-electron chi connectivity index (χ2n) is 5.56. The summed E-state index contributed by atoms with van der Waals surface area (Å²) in [6.45, 7) is 3.69. The van der Waals surface area contributed by atoms with Crippen LogP contribution < -0.4 is 11.1 Å². The number of nitrogens with two attached hydrogens (primary N) is 1. The van der Waals surface area contributed by atoms with E-state index >= 15 is 0 Å². The number of nitriles is 1. The number of nitrogen functional groups attached to an aromatic ring is 1. The van der Waals surface area contributed by atoms with Gasteiger partial charge in [-0.1, -0.05) is 18.7 Å². The molecule has 7 nitrogen and oxygen atoms in total. The predicted molar refractivity (Wildman–Crippen MR) is 101 cm³/mol. The molecule has 26 heavy (non-hydrogen) atoms. The molecule has 2 rings (SSSR count). The van der Waals surface area contributed by atoms with Gasteiger partial charge in [0.2, 0.25) is 5.91 Å². The maximum Gasteiger partial charge on any atom is 0.224 e. The highest BCUT2D eigenvalue weighted by molar-refractivity contribution is 8.00. The standard InChI is InChI=1S/C18H19N5O2S/c1-3-4-15(24)22-14-7-5-12(6-8-14)16(25)11(2)26-18-21-10-13(9-19)17(20)23-18/h5-8,10-11H,3-4H2,1-2H3,(H,22,24)(H2,20,21,23). The summed E-state index contributed by atoms with van der Waals surface area (Å²) in [5, 5.41) is 11.5. The minimum atomic E-state index is -0.428. The summed E-state index contributed by atoms with van der Waals surface area (Å²) < 4.78 is 0. The molecule has 0 bridgehead atoms. The molecule has 0 fully saturated rings. The molecule has 1 heterocycles. The molecule has 0 aliphatic heterocycles. The lowest BCUT2D eigenvalue weighted by atomic mass is 10.1. The lowest BCUT2D eigenvalue weighted by Crippen LogP contribution is -2.15. The normalized spacial score (nSPS) is 11.4. The molecule has 0 radical (unpaired) electrons. The molecule has 0 saturated heterocycles. The van der Waals surface area contributed by atoms with Crippen LogP contribution >= 0.6 is 11.8 Å². The average molecular weight is 369 g/mol. The van der Waals surface area contributed by atoms with Gasteiger partial charge in [-0.05, 0) is 37.6 Å². The summed E-state index contributed by atoms with van der Waals surface area (Å²) in [6, 6.07) is 8.65. The fourth-order valence-corrected chi connectivity index (χ4v) is 2.96. The molecule has 0 saturated carbocycles. The second kappa shape index (κ2) is 8.97. The number of carbonyl (C=O) groups excluding carboxylic acids is 2. The van der Waals surface area contributed by atoms with Crippen molar-refractivity contribution in [3.8, 4) is 6.07 Å². The van der Waals surface area contributed by atoms with E-state index in [1.807, 2.05) is 13.0 Å². The smallest absolute Gasteiger partial charge is 0.224 e. The zero-order chi connectivity index (χ0) is 19.1. The SMILES string of the molecule is CCCC(=O)Nc1ccc(C(=O)C(C)Sc2ncc(C#N)c(N)n2)cc1. The van der Waals surface area contributed by atoms with Crippen LogP contribution in [-0.4, -0.2) is 26.9 Å². The van der Waals surface area contributed by atoms with Crippen LogP contribution in [0.1, 0.15) is 42.6 Å². The Bertz CT molecular complexity index is 846. The number of hydrogen-bond donors (Lipinski definition) is 2. The summed E-state index contributed by atoms with van der Waals surface area (Å²) in [7, 11) is 0. The van der Waals surface area contributed by atoms with Crippen LogP contribution in [0.2, 0.25) is 0 Å². The number of hydrogen-bond acceptors (Lipinski definition) is 7. The van der Waals surface area contributed by atoms with Crippen LogP contribution in [0.25, 0.3) is 0 Å². The lowest BCUT2D eigenvalue weighted by Gasteiger charge is -2.10. The highest BCUT2D eigenvalue weighted by Gasteiger charge is 2.18. The molecule has 2 aromatic rings. The zero-order valence-corrected chi connectivity index (χ0v) is 15.3. The zero-order valence-electron chi connectivity index (χ0n) is 14.5. The van der Waals surface area contributed by atoms with Crippen molar-refractivity contribution in [2.75, 3.05) is 11.1 Å². The molecule has 0 aliphatic carbocycles. The number of aromatic nitrogens is 2. The fourth-order valence-electron chi connectivity index (χ4n) is 2.14. The van der Waals surface area contributed by atoms with E-state index < -0.39 is 5.25 Å². The summed E-state index contributed by atoms with van der Waals surface area (Å²) in [4.78, 5) is 32.2. The first kappa shape index (κ1) is 19.4. The molecular formula is C18H19N5O2S. The van der Waals surface area contributed by atoms with Crippen LogP contribution in [-0.2, 0) is 4.79 Å². The van der Waals surface area contributed by atoms with Crippen molar-refractivity contribution in [3.05, 3.63) is 41.6 Å². The number of benzene rings is 1. The molecule has 3 N–H and O–H groups in total. The van der Waals surface area contributed by atoms with E-state index in [1.54, 1.807) is 31.2 Å². The fraction of sp³-hybridized carbons (Fsp3) is 0.278. The molecule has 1 aromatic carbocycles. The summed E-state index contributed by atoms with van der Waals surface area (Å²) in [5.74, 6) is -0.0455. The van der Waals surface area contributed by atoms with Crippen LogP contribution in [0, 0.1) is 11.3 Å². The van der Waals surface area contributed by atoms with Gasteiger partial charge in [0.25, 0.3) is 0 Å². The van der Waals surface area contributed by atoms with E-state index in [4.69, 9.17) is 11.0 Å². The average Bonchev–Trinajstić information content (AvgIpc) is 2.62. The molecule has 134 valence electrons. The van der Waals surface area contributed by atoms with Crippen molar-refractivity contribution >= 4 is 35.0 Å². The van der Waals surface area contributed by atoms with Crippen molar-refractivity contribution in [1.82, 2.24) is 9.97 Å². The van der Waals surface area contributed by atoms with Crippen LogP contribution in [0.5, 0.6) is 0 Å². The third-order valence-corrected chi connectivity index (χ3v) is 4.47. The van der Waals surface area contributed by atoms with E-state index in [2.05, 4.69) is 15.3 Å². The maximum absolute atomic E-state index is 12.5. The third kappa shape index (κ3) is 5.04. The molecule has 0 aliphatic rings. The Kier molecular flexibility index (Phi) is 6.69. The number of Topliss-reactive ketones (excluding diaryl/α,β-unsaturated/α-hetero) is 1. The van der Waals surface area contributed by atoms with E-state index in [0.717, 1.165) is 6.42 Å². The van der Waals surface area contributed by atoms with Gasteiger partial charge in [-0.2, -0.15) is 5.26 Å². The van der Waals surface area contributed by atoms with Crippen molar-refractivity contribution < 1.29 is 9.59 Å². The van der Waals surface area contributed by atoms with Crippen molar-refractivity contribution in [3.63, 3.8) is 0 Å². The minimum absolute atomic E-state index is 0.0500. The molecule has 1 aromatic heterocycles. The number of anilines is 2. The van der Waals surface area contributed by atoms with Crippen molar-refractivity contribution in [1.29, 1.82) is 5.26 Å². The number of rotatable bonds is 7. The molecule has 0 spiro atoms. The summed E-state index contributed by atoms with van der Waals surface area (Å²) in [6.07, 6.45) is 2.58. The Morgan fingerprint density at radius 1 is 1.35 bits per heavy atom. The van der Waals surface area contributed by atoms with Crippen molar-refractivity contribution in [2.45, 2.75) is 37.1 Å². The first-order valence-corrected chi connectivity index (χ1v) is 8.96. The largest absolute Gasteiger partial charge is 0.382 e. The highest BCUT2D eigenvalue weighted by Crippen LogP contribution is 2.24. The quantitative estimate of drug-likeness (QED) is 0.437. The molecule has 1 atom stereocenters. The van der Waals surface area contributed by atoms with E-state index in [-0.39, 0.29) is 23.1 Å².